The lowest BCUT2D eigenvalue weighted by molar-refractivity contribution is -0.0501. The summed E-state index contributed by atoms with van der Waals surface area (Å²) in [4.78, 5) is 29.1. The van der Waals surface area contributed by atoms with Gasteiger partial charge in [-0.1, -0.05) is 0 Å². The summed E-state index contributed by atoms with van der Waals surface area (Å²) in [6.07, 6.45) is -2.24. The molecule has 4 atom stereocenters. The van der Waals surface area contributed by atoms with Crippen molar-refractivity contribution in [1.29, 1.82) is 0 Å². The topological polar surface area (TPSA) is 186 Å². The summed E-state index contributed by atoms with van der Waals surface area (Å²) < 4.78 is 21.8. The molecule has 3 heterocycles. The first-order valence-electron chi connectivity index (χ1n) is 6.43. The maximum Gasteiger partial charge on any atom is 0.469 e. The van der Waals surface area contributed by atoms with E-state index in [0.717, 1.165) is 0 Å². The molecule has 1 saturated heterocycles. The van der Waals surface area contributed by atoms with Gasteiger partial charge in [-0.3, -0.25) is 9.09 Å². The highest BCUT2D eigenvalue weighted by molar-refractivity contribution is 7.46. The number of nitrogens with two attached hydrogens (primary N) is 1. The zero-order valence-electron chi connectivity index (χ0n) is 11.5. The second-order valence-electron chi connectivity index (χ2n) is 4.92. The molecule has 0 aliphatic carbocycles. The summed E-state index contributed by atoms with van der Waals surface area (Å²) in [6, 6.07) is 0. The maximum atomic E-state index is 10.7. The van der Waals surface area contributed by atoms with E-state index in [1.807, 2.05) is 0 Å². The van der Waals surface area contributed by atoms with Crippen LogP contribution in [0.1, 0.15) is 6.23 Å². The van der Waals surface area contributed by atoms with Crippen LogP contribution >= 0.6 is 7.82 Å². The SMILES string of the molecule is Nc1ncc2c(ncn2C2OC(COP(=O)(O)O)C(O)C2O)n1. The average molecular weight is 347 g/mol. The Bertz CT molecular complexity index is 763. The van der Waals surface area contributed by atoms with Crippen molar-refractivity contribution in [3.8, 4) is 0 Å². The minimum absolute atomic E-state index is 0.0311. The number of anilines is 1. The van der Waals surface area contributed by atoms with Gasteiger partial charge in [0.1, 0.15) is 23.8 Å². The molecular weight excluding hydrogens is 333 g/mol. The van der Waals surface area contributed by atoms with E-state index in [4.69, 9.17) is 20.3 Å². The van der Waals surface area contributed by atoms with Crippen molar-refractivity contribution >= 4 is 24.9 Å². The number of ether oxygens (including phenoxy) is 1. The summed E-state index contributed by atoms with van der Waals surface area (Å²) in [5.41, 5.74) is 6.14. The standard InChI is InChI=1S/C10H14N5O7P/c11-10-12-1-4-8(14-10)13-3-15(4)9-7(17)6(16)5(22-9)2-21-23(18,19)20/h1,3,5-7,9,16-17H,2H2,(H2,11,12,14)(H2,18,19,20). The summed E-state index contributed by atoms with van der Waals surface area (Å²) in [5, 5.41) is 20.1. The van der Waals surface area contributed by atoms with Gasteiger partial charge in [0, 0.05) is 0 Å². The molecular formula is C10H14N5O7P. The molecule has 0 aromatic carbocycles. The minimum Gasteiger partial charge on any atom is -0.387 e. The van der Waals surface area contributed by atoms with Crippen molar-refractivity contribution in [2.75, 3.05) is 12.3 Å². The van der Waals surface area contributed by atoms with Crippen molar-refractivity contribution in [3.63, 3.8) is 0 Å². The van der Waals surface area contributed by atoms with Gasteiger partial charge in [0.25, 0.3) is 0 Å². The van der Waals surface area contributed by atoms with E-state index in [-0.39, 0.29) is 11.6 Å². The molecule has 0 bridgehead atoms. The first kappa shape index (κ1) is 16.2. The smallest absolute Gasteiger partial charge is 0.387 e. The third-order valence-electron chi connectivity index (χ3n) is 3.37. The van der Waals surface area contributed by atoms with Crippen LogP contribution in [-0.4, -0.2) is 64.4 Å². The number of fused-ring (bicyclic) bond motifs is 1. The van der Waals surface area contributed by atoms with Crippen LogP contribution in [0.5, 0.6) is 0 Å². The number of phosphoric ester groups is 1. The highest BCUT2D eigenvalue weighted by Gasteiger charge is 2.45. The zero-order chi connectivity index (χ0) is 16.8. The molecule has 126 valence electrons. The quantitative estimate of drug-likeness (QED) is 0.390. The predicted molar refractivity (Wildman–Crippen MR) is 73.7 cm³/mol. The van der Waals surface area contributed by atoms with E-state index in [0.29, 0.717) is 5.52 Å². The Labute approximate surface area is 128 Å². The normalized spacial score (nSPS) is 28.5. The number of phosphoric acid groups is 1. The van der Waals surface area contributed by atoms with Crippen LogP contribution in [0.2, 0.25) is 0 Å². The molecule has 1 fully saturated rings. The predicted octanol–water partition coefficient (Wildman–Crippen LogP) is -1.86. The summed E-state index contributed by atoms with van der Waals surface area (Å²) in [5.74, 6) is 0.0311. The second-order valence-corrected chi connectivity index (χ2v) is 6.16. The van der Waals surface area contributed by atoms with E-state index >= 15 is 0 Å². The summed E-state index contributed by atoms with van der Waals surface area (Å²) in [6.45, 7) is -0.588. The maximum absolute atomic E-state index is 10.7. The number of aliphatic hydroxyl groups is 2. The molecule has 3 rings (SSSR count). The molecule has 6 N–H and O–H groups in total. The van der Waals surface area contributed by atoms with Gasteiger partial charge in [0.15, 0.2) is 11.9 Å². The van der Waals surface area contributed by atoms with Crippen molar-refractivity contribution in [2.24, 2.45) is 0 Å². The lowest BCUT2D eigenvalue weighted by atomic mass is 10.1. The van der Waals surface area contributed by atoms with Gasteiger partial charge in [0.2, 0.25) is 5.95 Å². The first-order chi connectivity index (χ1) is 10.8. The molecule has 1 aliphatic heterocycles. The number of hydrogen-bond acceptors (Lipinski definition) is 9. The van der Waals surface area contributed by atoms with Gasteiger partial charge in [-0.25, -0.2) is 14.5 Å². The fourth-order valence-corrected chi connectivity index (χ4v) is 2.65. The van der Waals surface area contributed by atoms with Crippen LogP contribution in [0, 0.1) is 0 Å². The van der Waals surface area contributed by atoms with Crippen LogP contribution in [0.4, 0.5) is 5.95 Å². The van der Waals surface area contributed by atoms with Crippen LogP contribution in [0.3, 0.4) is 0 Å². The average Bonchev–Trinajstić information content (AvgIpc) is 2.99. The van der Waals surface area contributed by atoms with Crippen molar-refractivity contribution < 1.29 is 33.8 Å². The van der Waals surface area contributed by atoms with E-state index in [1.165, 1.54) is 17.1 Å². The van der Waals surface area contributed by atoms with Gasteiger partial charge in [-0.05, 0) is 0 Å². The molecule has 13 heteroatoms. The largest absolute Gasteiger partial charge is 0.469 e. The molecule has 23 heavy (non-hydrogen) atoms. The minimum atomic E-state index is -4.71. The molecule has 2 aromatic rings. The van der Waals surface area contributed by atoms with E-state index in [9.17, 15) is 14.8 Å². The Morgan fingerprint density at radius 3 is 2.78 bits per heavy atom. The highest BCUT2D eigenvalue weighted by Crippen LogP contribution is 2.38. The summed E-state index contributed by atoms with van der Waals surface area (Å²) in [7, 11) is -4.71. The molecule has 0 spiro atoms. The van der Waals surface area contributed by atoms with Gasteiger partial charge in [-0.15, -0.1) is 0 Å². The number of hydrogen-bond donors (Lipinski definition) is 5. The lowest BCUT2D eigenvalue weighted by Crippen LogP contribution is -2.33. The number of aromatic nitrogens is 4. The fraction of sp³-hybridized carbons (Fsp3) is 0.500. The third kappa shape index (κ3) is 3.19. The Balaban J connectivity index is 1.83. The third-order valence-corrected chi connectivity index (χ3v) is 3.86. The summed E-state index contributed by atoms with van der Waals surface area (Å²) >= 11 is 0. The molecule has 12 nitrogen and oxygen atoms in total. The lowest BCUT2D eigenvalue weighted by Gasteiger charge is -2.16. The van der Waals surface area contributed by atoms with Gasteiger partial charge in [-0.2, -0.15) is 4.98 Å². The Morgan fingerprint density at radius 2 is 2.09 bits per heavy atom. The number of aliphatic hydroxyl groups excluding tert-OH is 2. The van der Waals surface area contributed by atoms with Crippen LogP contribution in [-0.2, 0) is 13.8 Å². The van der Waals surface area contributed by atoms with Crippen LogP contribution < -0.4 is 5.73 Å². The Morgan fingerprint density at radius 1 is 1.35 bits per heavy atom. The molecule has 0 radical (unpaired) electrons. The van der Waals surface area contributed by atoms with E-state index in [2.05, 4.69) is 19.5 Å². The fourth-order valence-electron chi connectivity index (χ4n) is 2.31. The van der Waals surface area contributed by atoms with Crippen molar-refractivity contribution in [2.45, 2.75) is 24.5 Å². The molecule has 2 aromatic heterocycles. The number of nitrogen functional groups attached to an aromatic ring is 1. The molecule has 4 unspecified atom stereocenters. The Hall–Kier alpha value is -1.66. The van der Waals surface area contributed by atoms with E-state index in [1.54, 1.807) is 0 Å². The van der Waals surface area contributed by atoms with Gasteiger partial charge < -0.3 is 30.5 Å². The zero-order valence-corrected chi connectivity index (χ0v) is 12.4. The monoisotopic (exact) mass is 347 g/mol. The number of imidazole rings is 1. The van der Waals surface area contributed by atoms with E-state index < -0.39 is 39.0 Å². The van der Waals surface area contributed by atoms with Crippen molar-refractivity contribution in [1.82, 2.24) is 19.5 Å². The van der Waals surface area contributed by atoms with Crippen LogP contribution in [0.25, 0.3) is 11.2 Å². The second kappa shape index (κ2) is 5.76. The van der Waals surface area contributed by atoms with Crippen molar-refractivity contribution in [3.05, 3.63) is 12.5 Å². The van der Waals surface area contributed by atoms with Gasteiger partial charge in [0.05, 0.1) is 19.1 Å². The highest BCUT2D eigenvalue weighted by atomic mass is 31.2. The first-order valence-corrected chi connectivity index (χ1v) is 7.96. The number of rotatable bonds is 4. The number of nitrogens with zero attached hydrogens (tertiary/aromatic N) is 4. The van der Waals surface area contributed by atoms with Crippen LogP contribution in [0.15, 0.2) is 12.5 Å². The van der Waals surface area contributed by atoms with Gasteiger partial charge >= 0.3 is 7.82 Å². The molecule has 0 amide bonds. The molecule has 1 aliphatic rings. The molecule has 0 saturated carbocycles. The Kier molecular flexibility index (Phi) is 4.06.